The van der Waals surface area contributed by atoms with Crippen molar-refractivity contribution in [3.05, 3.63) is 29.8 Å². The van der Waals surface area contributed by atoms with Crippen molar-refractivity contribution in [1.82, 2.24) is 10.6 Å². The summed E-state index contributed by atoms with van der Waals surface area (Å²) >= 11 is 0. The number of ether oxygens (including phenoxy) is 2. The zero-order chi connectivity index (χ0) is 15.5. The molecule has 0 heterocycles. The molecule has 0 saturated carbocycles. The molecule has 0 fully saturated rings. The van der Waals surface area contributed by atoms with Gasteiger partial charge in [0.25, 0.3) is 0 Å². The SMILES string of the molecule is COc1ccc(CCNC(=O)NCCOCC(=O)O)cc1. The Morgan fingerprint density at radius 1 is 1.14 bits per heavy atom. The van der Waals surface area contributed by atoms with Gasteiger partial charge >= 0.3 is 12.0 Å². The molecule has 7 heteroatoms. The van der Waals surface area contributed by atoms with Gasteiger partial charge in [0.05, 0.1) is 13.7 Å². The molecule has 0 aliphatic heterocycles. The van der Waals surface area contributed by atoms with Gasteiger partial charge < -0.3 is 25.2 Å². The van der Waals surface area contributed by atoms with Gasteiger partial charge in [0.15, 0.2) is 0 Å². The summed E-state index contributed by atoms with van der Waals surface area (Å²) in [7, 11) is 1.61. The Labute approximate surface area is 123 Å². The van der Waals surface area contributed by atoms with Crippen LogP contribution in [0.1, 0.15) is 5.56 Å². The molecule has 0 aliphatic rings. The third kappa shape index (κ3) is 7.78. The fourth-order valence-corrected chi connectivity index (χ4v) is 1.57. The summed E-state index contributed by atoms with van der Waals surface area (Å²) in [6.45, 7) is 0.578. The van der Waals surface area contributed by atoms with E-state index in [2.05, 4.69) is 10.6 Å². The van der Waals surface area contributed by atoms with Crippen LogP contribution in [0.15, 0.2) is 24.3 Å². The number of amides is 2. The van der Waals surface area contributed by atoms with Gasteiger partial charge in [-0.2, -0.15) is 0 Å². The molecule has 0 aromatic heterocycles. The van der Waals surface area contributed by atoms with Crippen molar-refractivity contribution in [3.63, 3.8) is 0 Å². The molecule has 1 rings (SSSR count). The van der Waals surface area contributed by atoms with Crippen LogP contribution in [0, 0.1) is 0 Å². The second-order valence-electron chi connectivity index (χ2n) is 4.23. The zero-order valence-electron chi connectivity index (χ0n) is 11.9. The predicted octanol–water partition coefficient (Wildman–Crippen LogP) is 0.638. The lowest BCUT2D eigenvalue weighted by Gasteiger charge is -2.08. The van der Waals surface area contributed by atoms with Crippen LogP contribution < -0.4 is 15.4 Å². The average Bonchev–Trinajstić information content (AvgIpc) is 2.47. The first-order valence-electron chi connectivity index (χ1n) is 6.56. The fourth-order valence-electron chi connectivity index (χ4n) is 1.57. The molecule has 21 heavy (non-hydrogen) atoms. The Kier molecular flexibility index (Phi) is 7.67. The van der Waals surface area contributed by atoms with E-state index in [0.717, 1.165) is 11.3 Å². The maximum atomic E-state index is 11.4. The molecule has 3 N–H and O–H groups in total. The largest absolute Gasteiger partial charge is 0.497 e. The number of benzene rings is 1. The minimum atomic E-state index is -1.03. The molecule has 0 aliphatic carbocycles. The zero-order valence-corrected chi connectivity index (χ0v) is 11.9. The number of urea groups is 1. The van der Waals surface area contributed by atoms with Crippen LogP contribution in [0.3, 0.4) is 0 Å². The van der Waals surface area contributed by atoms with E-state index in [-0.39, 0.29) is 25.8 Å². The minimum absolute atomic E-state index is 0.165. The van der Waals surface area contributed by atoms with Crippen molar-refractivity contribution in [3.8, 4) is 5.75 Å². The highest BCUT2D eigenvalue weighted by Gasteiger charge is 2.01. The van der Waals surface area contributed by atoms with Gasteiger partial charge in [0.2, 0.25) is 0 Å². The van der Waals surface area contributed by atoms with Crippen LogP contribution in [0.2, 0.25) is 0 Å². The lowest BCUT2D eigenvalue weighted by molar-refractivity contribution is -0.142. The quantitative estimate of drug-likeness (QED) is 0.581. The Hall–Kier alpha value is -2.28. The van der Waals surface area contributed by atoms with E-state index >= 15 is 0 Å². The van der Waals surface area contributed by atoms with Crippen molar-refractivity contribution in [1.29, 1.82) is 0 Å². The highest BCUT2D eigenvalue weighted by molar-refractivity contribution is 5.73. The van der Waals surface area contributed by atoms with Crippen molar-refractivity contribution in [2.75, 3.05) is 33.4 Å². The first-order valence-corrected chi connectivity index (χ1v) is 6.56. The maximum absolute atomic E-state index is 11.4. The van der Waals surface area contributed by atoms with Gasteiger partial charge in [-0.1, -0.05) is 12.1 Å². The summed E-state index contributed by atoms with van der Waals surface area (Å²) in [6, 6.07) is 7.32. The molecule has 7 nitrogen and oxygen atoms in total. The number of nitrogens with one attached hydrogen (secondary N) is 2. The molecular formula is C14H20N2O5. The van der Waals surface area contributed by atoms with Crippen LogP contribution in [0.25, 0.3) is 0 Å². The van der Waals surface area contributed by atoms with Crippen LogP contribution >= 0.6 is 0 Å². The molecule has 2 amide bonds. The summed E-state index contributed by atoms with van der Waals surface area (Å²) in [5.74, 6) is -0.232. The highest BCUT2D eigenvalue weighted by atomic mass is 16.5. The molecule has 0 saturated heterocycles. The van der Waals surface area contributed by atoms with E-state index in [1.165, 1.54) is 0 Å². The molecule has 0 unspecified atom stereocenters. The van der Waals surface area contributed by atoms with Gasteiger partial charge in [-0.3, -0.25) is 0 Å². The van der Waals surface area contributed by atoms with E-state index in [9.17, 15) is 9.59 Å². The topological polar surface area (TPSA) is 96.9 Å². The minimum Gasteiger partial charge on any atom is -0.497 e. The Balaban J connectivity index is 2.08. The van der Waals surface area contributed by atoms with Crippen molar-refractivity contribution >= 4 is 12.0 Å². The van der Waals surface area contributed by atoms with Gasteiger partial charge in [0.1, 0.15) is 12.4 Å². The number of hydrogen-bond donors (Lipinski definition) is 3. The summed E-state index contributed by atoms with van der Waals surface area (Å²) in [6.07, 6.45) is 0.715. The second kappa shape index (κ2) is 9.60. The molecule has 0 bridgehead atoms. The Bertz CT molecular complexity index is 447. The molecular weight excluding hydrogens is 276 g/mol. The third-order valence-electron chi connectivity index (χ3n) is 2.62. The van der Waals surface area contributed by atoms with Gasteiger partial charge in [-0.05, 0) is 24.1 Å². The second-order valence-corrected chi connectivity index (χ2v) is 4.23. The highest BCUT2D eigenvalue weighted by Crippen LogP contribution is 2.11. The smallest absolute Gasteiger partial charge is 0.329 e. The number of methoxy groups -OCH3 is 1. The number of rotatable bonds is 9. The average molecular weight is 296 g/mol. The summed E-state index contributed by atoms with van der Waals surface area (Å²) < 4.78 is 9.85. The number of carboxylic acid groups (broad SMARTS) is 1. The van der Waals surface area contributed by atoms with E-state index in [0.29, 0.717) is 13.0 Å². The lowest BCUT2D eigenvalue weighted by atomic mass is 10.1. The number of carboxylic acids is 1. The van der Waals surface area contributed by atoms with Gasteiger partial charge in [-0.25, -0.2) is 9.59 Å². The van der Waals surface area contributed by atoms with Gasteiger partial charge in [-0.15, -0.1) is 0 Å². The monoisotopic (exact) mass is 296 g/mol. The maximum Gasteiger partial charge on any atom is 0.329 e. The molecule has 1 aromatic carbocycles. The predicted molar refractivity (Wildman–Crippen MR) is 76.6 cm³/mol. The first kappa shape index (κ1) is 16.8. The van der Waals surface area contributed by atoms with E-state index in [1.807, 2.05) is 24.3 Å². The number of carbonyl (C=O) groups is 2. The van der Waals surface area contributed by atoms with Crippen LogP contribution in [-0.4, -0.2) is 50.5 Å². The van der Waals surface area contributed by atoms with Crippen molar-refractivity contribution in [2.24, 2.45) is 0 Å². The third-order valence-corrected chi connectivity index (χ3v) is 2.62. The standard InChI is InChI=1S/C14H20N2O5/c1-20-12-4-2-11(3-5-12)6-7-15-14(19)16-8-9-21-10-13(17)18/h2-5H,6-10H2,1H3,(H,17,18)(H2,15,16,19). The normalized spacial score (nSPS) is 9.95. The Morgan fingerprint density at radius 2 is 1.81 bits per heavy atom. The number of aliphatic carboxylic acids is 1. The number of hydrogen-bond acceptors (Lipinski definition) is 4. The number of carbonyl (C=O) groups excluding carboxylic acids is 1. The Morgan fingerprint density at radius 3 is 2.43 bits per heavy atom. The van der Waals surface area contributed by atoms with E-state index < -0.39 is 5.97 Å². The molecule has 0 spiro atoms. The van der Waals surface area contributed by atoms with Crippen molar-refractivity contribution < 1.29 is 24.2 Å². The molecule has 0 radical (unpaired) electrons. The summed E-state index contributed by atoms with van der Waals surface area (Å²) in [4.78, 5) is 21.6. The van der Waals surface area contributed by atoms with E-state index in [4.69, 9.17) is 14.6 Å². The van der Waals surface area contributed by atoms with Crippen LogP contribution in [0.4, 0.5) is 4.79 Å². The van der Waals surface area contributed by atoms with Gasteiger partial charge in [0, 0.05) is 13.1 Å². The summed E-state index contributed by atoms with van der Waals surface area (Å²) in [5, 5.41) is 13.6. The lowest BCUT2D eigenvalue weighted by Crippen LogP contribution is -2.38. The van der Waals surface area contributed by atoms with E-state index in [1.54, 1.807) is 7.11 Å². The van der Waals surface area contributed by atoms with Crippen molar-refractivity contribution in [2.45, 2.75) is 6.42 Å². The van der Waals surface area contributed by atoms with Crippen LogP contribution in [-0.2, 0) is 16.0 Å². The molecule has 116 valence electrons. The fraction of sp³-hybridized carbons (Fsp3) is 0.429. The first-order chi connectivity index (χ1) is 10.1. The summed E-state index contributed by atoms with van der Waals surface area (Å²) in [5.41, 5.74) is 1.10. The molecule has 1 aromatic rings. The molecule has 0 atom stereocenters. The van der Waals surface area contributed by atoms with Crippen LogP contribution in [0.5, 0.6) is 5.75 Å².